The van der Waals surface area contributed by atoms with Crippen LogP contribution in [0.5, 0.6) is 0 Å². The number of benzene rings is 1. The van der Waals surface area contributed by atoms with Gasteiger partial charge in [0.05, 0.1) is 11.8 Å². The third-order valence-corrected chi connectivity index (χ3v) is 4.46. The summed E-state index contributed by atoms with van der Waals surface area (Å²) in [5, 5.41) is 15.0. The molecule has 0 saturated carbocycles. The molecule has 0 radical (unpaired) electrons. The second-order valence-electron chi connectivity index (χ2n) is 5.35. The number of aromatic nitrogens is 1. The van der Waals surface area contributed by atoms with Gasteiger partial charge in [0.1, 0.15) is 0 Å². The number of thioether (sulfide) groups is 1. The lowest BCUT2D eigenvalue weighted by atomic mass is 10.1. The summed E-state index contributed by atoms with van der Waals surface area (Å²) < 4.78 is 0.768. The lowest BCUT2D eigenvalue weighted by Gasteiger charge is -2.25. The van der Waals surface area contributed by atoms with Crippen molar-refractivity contribution >= 4 is 17.7 Å². The zero-order chi connectivity index (χ0) is 16.7. The van der Waals surface area contributed by atoms with Crippen LogP contribution in [0.3, 0.4) is 0 Å². The Bertz CT molecular complexity index is 635. The summed E-state index contributed by atoms with van der Waals surface area (Å²) in [6.45, 7) is 0.530. The van der Waals surface area contributed by atoms with Crippen molar-refractivity contribution in [2.24, 2.45) is 0 Å². The van der Waals surface area contributed by atoms with Crippen molar-refractivity contribution in [2.75, 3.05) is 26.4 Å². The Morgan fingerprint density at radius 1 is 1.22 bits per heavy atom. The molecule has 0 spiro atoms. The van der Waals surface area contributed by atoms with Crippen LogP contribution >= 0.6 is 11.8 Å². The van der Waals surface area contributed by atoms with Gasteiger partial charge in [-0.15, -0.1) is 0 Å². The number of pyridine rings is 1. The number of hydrogen-bond acceptors (Lipinski definition) is 4. The molecule has 5 nitrogen and oxygen atoms in total. The molecule has 0 aliphatic heterocycles. The molecule has 122 valence electrons. The summed E-state index contributed by atoms with van der Waals surface area (Å²) in [6, 6.07) is 15.3. The van der Waals surface area contributed by atoms with E-state index in [1.807, 2.05) is 32.3 Å². The van der Waals surface area contributed by atoms with Gasteiger partial charge in [0.15, 0.2) is 6.20 Å². The summed E-state index contributed by atoms with van der Waals surface area (Å²) in [7, 11) is 3.98. The van der Waals surface area contributed by atoms with Gasteiger partial charge in [-0.2, -0.15) is 4.73 Å². The van der Waals surface area contributed by atoms with Crippen LogP contribution in [-0.4, -0.2) is 37.2 Å². The lowest BCUT2D eigenvalue weighted by Crippen LogP contribution is -2.36. The largest absolute Gasteiger partial charge is 0.618 e. The number of carbonyl (C=O) groups is 1. The molecule has 0 aliphatic rings. The predicted octanol–water partition coefficient (Wildman–Crippen LogP) is 1.83. The highest BCUT2D eigenvalue weighted by atomic mass is 32.2. The molecular formula is C17H21N3O2S. The molecule has 1 amide bonds. The van der Waals surface area contributed by atoms with Gasteiger partial charge in [-0.05, 0) is 37.5 Å². The Morgan fingerprint density at radius 3 is 2.57 bits per heavy atom. The summed E-state index contributed by atoms with van der Waals surface area (Å²) in [6.07, 6.45) is 1.43. The van der Waals surface area contributed by atoms with E-state index < -0.39 is 0 Å². The standard InChI is InChI=1S/C17H21N3O2S/c1-19(2)15(14-8-4-3-5-9-14)12-18-16(21)13-23-17-10-6-7-11-20(17)22/h3-11,15H,12-13H2,1-2H3,(H,18,21)/t15-/m0/s1. The molecular weight excluding hydrogens is 310 g/mol. The van der Waals surface area contributed by atoms with E-state index in [1.54, 1.807) is 18.2 Å². The zero-order valence-electron chi connectivity index (χ0n) is 13.3. The van der Waals surface area contributed by atoms with Crippen LogP contribution in [0.1, 0.15) is 11.6 Å². The van der Waals surface area contributed by atoms with Crippen LogP contribution in [0.25, 0.3) is 0 Å². The number of likely N-dealkylation sites (N-methyl/N-ethyl adjacent to an activating group) is 1. The maximum absolute atomic E-state index is 12.0. The molecule has 23 heavy (non-hydrogen) atoms. The quantitative estimate of drug-likeness (QED) is 0.478. The van der Waals surface area contributed by atoms with E-state index in [1.165, 1.54) is 18.0 Å². The van der Waals surface area contributed by atoms with E-state index in [0.29, 0.717) is 11.6 Å². The third kappa shape index (κ3) is 5.26. The van der Waals surface area contributed by atoms with E-state index in [0.717, 1.165) is 10.3 Å². The smallest absolute Gasteiger partial charge is 0.251 e. The zero-order valence-corrected chi connectivity index (χ0v) is 14.1. The molecule has 2 rings (SSSR count). The van der Waals surface area contributed by atoms with Crippen molar-refractivity contribution in [3.8, 4) is 0 Å². The van der Waals surface area contributed by atoms with Crippen LogP contribution in [-0.2, 0) is 4.79 Å². The first kappa shape index (κ1) is 17.3. The van der Waals surface area contributed by atoms with Crippen LogP contribution < -0.4 is 10.0 Å². The normalized spacial score (nSPS) is 12.1. The molecule has 1 heterocycles. The van der Waals surface area contributed by atoms with Crippen molar-refractivity contribution in [1.29, 1.82) is 0 Å². The first-order valence-corrected chi connectivity index (χ1v) is 8.35. The highest BCUT2D eigenvalue weighted by molar-refractivity contribution is 7.99. The molecule has 1 aromatic heterocycles. The maximum Gasteiger partial charge on any atom is 0.251 e. The van der Waals surface area contributed by atoms with Gasteiger partial charge in [-0.25, -0.2) is 0 Å². The van der Waals surface area contributed by atoms with Gasteiger partial charge in [0.2, 0.25) is 5.91 Å². The Balaban J connectivity index is 1.86. The number of nitrogens with one attached hydrogen (secondary N) is 1. The SMILES string of the molecule is CN(C)[C@@H](CNC(=O)CSc1cccc[n+]1[O-])c1ccccc1. The van der Waals surface area contributed by atoms with Crippen LogP contribution in [0.2, 0.25) is 0 Å². The molecule has 6 heteroatoms. The first-order valence-electron chi connectivity index (χ1n) is 7.37. The minimum atomic E-state index is -0.0818. The van der Waals surface area contributed by atoms with E-state index in [9.17, 15) is 10.0 Å². The van der Waals surface area contributed by atoms with E-state index in [4.69, 9.17) is 0 Å². The summed E-state index contributed by atoms with van der Waals surface area (Å²) in [5.41, 5.74) is 1.16. The average Bonchev–Trinajstić information content (AvgIpc) is 2.55. The molecule has 0 fully saturated rings. The Kier molecular flexibility index (Phi) is 6.43. The maximum atomic E-state index is 12.0. The van der Waals surface area contributed by atoms with Crippen molar-refractivity contribution in [3.05, 3.63) is 65.5 Å². The first-order chi connectivity index (χ1) is 11.1. The fraction of sp³-hybridized carbons (Fsp3) is 0.294. The highest BCUT2D eigenvalue weighted by Crippen LogP contribution is 2.17. The van der Waals surface area contributed by atoms with Gasteiger partial charge in [-0.1, -0.05) is 30.3 Å². The van der Waals surface area contributed by atoms with Crippen LogP contribution in [0.15, 0.2) is 59.8 Å². The molecule has 0 unspecified atom stereocenters. The summed E-state index contributed by atoms with van der Waals surface area (Å²) in [5.74, 6) is 0.142. The molecule has 0 saturated heterocycles. The topological polar surface area (TPSA) is 59.3 Å². The number of carbonyl (C=O) groups excluding carboxylic acids is 1. The summed E-state index contributed by atoms with van der Waals surface area (Å²) >= 11 is 1.24. The monoisotopic (exact) mass is 331 g/mol. The highest BCUT2D eigenvalue weighted by Gasteiger charge is 2.15. The van der Waals surface area contributed by atoms with Gasteiger partial charge in [0.25, 0.3) is 5.03 Å². The van der Waals surface area contributed by atoms with Gasteiger partial charge in [-0.3, -0.25) is 4.79 Å². The van der Waals surface area contributed by atoms with Crippen molar-refractivity contribution in [1.82, 2.24) is 10.2 Å². The molecule has 2 aromatic rings. The Morgan fingerprint density at radius 2 is 1.91 bits per heavy atom. The predicted molar refractivity (Wildman–Crippen MR) is 92.0 cm³/mol. The van der Waals surface area contributed by atoms with Gasteiger partial charge < -0.3 is 15.4 Å². The van der Waals surface area contributed by atoms with Crippen molar-refractivity contribution in [3.63, 3.8) is 0 Å². The van der Waals surface area contributed by atoms with Gasteiger partial charge >= 0.3 is 0 Å². The minimum Gasteiger partial charge on any atom is -0.618 e. The van der Waals surface area contributed by atoms with Crippen LogP contribution in [0, 0.1) is 5.21 Å². The molecule has 1 aromatic carbocycles. The molecule has 1 atom stereocenters. The van der Waals surface area contributed by atoms with Crippen molar-refractivity contribution < 1.29 is 9.52 Å². The number of amides is 1. The van der Waals surface area contributed by atoms with Crippen LogP contribution in [0.4, 0.5) is 0 Å². The molecule has 0 aliphatic carbocycles. The Labute approximate surface area is 140 Å². The number of hydrogen-bond donors (Lipinski definition) is 1. The van der Waals surface area contributed by atoms with Gasteiger partial charge in [0, 0.05) is 18.7 Å². The lowest BCUT2D eigenvalue weighted by molar-refractivity contribution is -0.645. The average molecular weight is 331 g/mol. The second-order valence-corrected chi connectivity index (χ2v) is 6.34. The number of nitrogens with zero attached hydrogens (tertiary/aromatic N) is 2. The second kappa shape index (κ2) is 8.55. The third-order valence-electron chi connectivity index (χ3n) is 3.44. The number of rotatable bonds is 7. The molecule has 1 N–H and O–H groups in total. The van der Waals surface area contributed by atoms with E-state index in [-0.39, 0.29) is 17.7 Å². The Hall–Kier alpha value is -2.05. The summed E-state index contributed by atoms with van der Waals surface area (Å²) in [4.78, 5) is 14.1. The van der Waals surface area contributed by atoms with E-state index in [2.05, 4.69) is 22.3 Å². The fourth-order valence-electron chi connectivity index (χ4n) is 2.20. The fourth-order valence-corrected chi connectivity index (χ4v) is 2.94. The molecule has 0 bridgehead atoms. The van der Waals surface area contributed by atoms with E-state index >= 15 is 0 Å². The minimum absolute atomic E-state index is 0.0818. The van der Waals surface area contributed by atoms with Crippen molar-refractivity contribution in [2.45, 2.75) is 11.1 Å².